The maximum Gasteiger partial charge on any atom is 0.0835 e. The Balaban J connectivity index is 1.60. The Morgan fingerprint density at radius 1 is 1.04 bits per heavy atom. The van der Waals surface area contributed by atoms with Crippen LogP contribution < -0.4 is 11.6 Å². The highest BCUT2D eigenvalue weighted by molar-refractivity contribution is 5.58. The van der Waals surface area contributed by atoms with Crippen LogP contribution in [-0.2, 0) is 13.0 Å². The first-order valence-corrected chi connectivity index (χ1v) is 8.68. The molecule has 0 aliphatic heterocycles. The third-order valence-electron chi connectivity index (χ3n) is 4.21. The van der Waals surface area contributed by atoms with Crippen LogP contribution in [0.15, 0.2) is 78.9 Å². The zero-order valence-electron chi connectivity index (χ0n) is 19.9. The lowest BCUT2D eigenvalue weighted by Gasteiger charge is -2.24. The lowest BCUT2D eigenvalue weighted by molar-refractivity contribution is 0.0877. The van der Waals surface area contributed by atoms with Gasteiger partial charge in [-0.3, -0.25) is 10.8 Å². The highest BCUT2D eigenvalue weighted by Gasteiger charge is 2.17. The summed E-state index contributed by atoms with van der Waals surface area (Å²) in [7, 11) is 0. The molecule has 3 rings (SSSR count). The number of benzene rings is 2. The van der Waals surface area contributed by atoms with Crippen LogP contribution in [0.1, 0.15) is 18.0 Å². The Morgan fingerprint density at radius 3 is 2.44 bits per heavy atom. The number of aromatic nitrogens is 1. The number of hydrogen-bond donors (Lipinski definition) is 3. The first-order chi connectivity index (χ1) is 15.2. The second-order valence-electron chi connectivity index (χ2n) is 6.38. The molecule has 0 saturated heterocycles. The average Bonchev–Trinajstić information content (AvgIpc) is 2.80. The van der Waals surface area contributed by atoms with E-state index < -0.39 is 30.3 Å². The Bertz CT molecular complexity index is 1040. The molecule has 5 heteroatoms. The smallest absolute Gasteiger partial charge is 0.0835 e. The Morgan fingerprint density at radius 2 is 1.78 bits per heavy atom. The summed E-state index contributed by atoms with van der Waals surface area (Å²) in [5.74, 6) is 6.06. The summed E-state index contributed by atoms with van der Waals surface area (Å²) in [6, 6.07) is 10.7. The van der Waals surface area contributed by atoms with E-state index in [4.69, 9.17) is 18.4 Å². The molecular weight excluding hydrogens is 336 g/mol. The van der Waals surface area contributed by atoms with Crippen molar-refractivity contribution in [1.29, 1.82) is 0 Å². The Hall–Kier alpha value is -2.57. The second kappa shape index (κ2) is 9.39. The molecule has 2 aromatic carbocycles. The van der Waals surface area contributed by atoms with Crippen LogP contribution in [0.25, 0.3) is 11.3 Å². The van der Waals surface area contributed by atoms with Gasteiger partial charge in [0.25, 0.3) is 0 Å². The number of nitrogens with two attached hydrogens (primary N) is 2. The molecular formula is C22H26N4O. The van der Waals surface area contributed by atoms with Crippen LogP contribution in [0.4, 0.5) is 0 Å². The summed E-state index contributed by atoms with van der Waals surface area (Å²) >= 11 is 0. The SMILES string of the molecule is [2H]c1c([2H])c([2H])c(C[C@H](N)[C@@H](O)CN(N)Cc2ccc(-c3ccccn3)cc2)c([2H])c1[2H]. The molecule has 1 aromatic heterocycles. The molecule has 0 aliphatic rings. The van der Waals surface area contributed by atoms with Crippen molar-refractivity contribution in [3.63, 3.8) is 0 Å². The molecule has 0 amide bonds. The molecule has 2 atom stereocenters. The standard InChI is InChI=1S/C22H26N4O/c23-20(14-17-6-2-1-3-7-17)22(27)16-26(24)15-18-9-11-19(12-10-18)21-8-4-5-13-25-21/h1-13,20,22,27H,14-16,23-24H2/t20-,22-/m0/s1/i1D,2D,3D,6D,7D. The summed E-state index contributed by atoms with van der Waals surface area (Å²) in [5.41, 5.74) is 8.96. The topological polar surface area (TPSA) is 88.4 Å². The fourth-order valence-electron chi connectivity index (χ4n) is 2.74. The lowest BCUT2D eigenvalue weighted by Crippen LogP contribution is -2.46. The van der Waals surface area contributed by atoms with Gasteiger partial charge < -0.3 is 10.8 Å². The minimum absolute atomic E-state index is 0.0574. The summed E-state index contributed by atoms with van der Waals surface area (Å²) in [6.45, 7) is 0.433. The normalized spacial score (nSPS) is 16.1. The molecule has 3 aromatic rings. The van der Waals surface area contributed by atoms with Crippen molar-refractivity contribution < 1.29 is 12.0 Å². The van der Waals surface area contributed by atoms with Gasteiger partial charge in [-0.2, -0.15) is 0 Å². The minimum Gasteiger partial charge on any atom is -0.390 e. The van der Waals surface area contributed by atoms with E-state index in [0.717, 1.165) is 16.8 Å². The summed E-state index contributed by atoms with van der Waals surface area (Å²) in [4.78, 5) is 4.32. The van der Waals surface area contributed by atoms with E-state index in [1.165, 1.54) is 5.01 Å². The fourth-order valence-corrected chi connectivity index (χ4v) is 2.74. The average molecular weight is 368 g/mol. The third kappa shape index (κ3) is 5.70. The number of rotatable bonds is 8. The van der Waals surface area contributed by atoms with Crippen molar-refractivity contribution >= 4 is 0 Å². The highest BCUT2D eigenvalue weighted by atomic mass is 16.3. The number of aliphatic hydroxyl groups is 1. The fraction of sp³-hybridized carbons (Fsp3) is 0.227. The summed E-state index contributed by atoms with van der Waals surface area (Å²) in [6.07, 6.45) is 0.620. The minimum atomic E-state index is -1.05. The zero-order chi connectivity index (χ0) is 23.4. The van der Waals surface area contributed by atoms with Crippen LogP contribution >= 0.6 is 0 Å². The maximum absolute atomic E-state index is 10.5. The van der Waals surface area contributed by atoms with Crippen molar-refractivity contribution in [3.8, 4) is 11.3 Å². The van der Waals surface area contributed by atoms with Gasteiger partial charge in [0.1, 0.15) is 0 Å². The molecule has 0 radical (unpaired) electrons. The van der Waals surface area contributed by atoms with Crippen molar-refractivity contribution in [2.75, 3.05) is 6.54 Å². The van der Waals surface area contributed by atoms with E-state index in [1.54, 1.807) is 6.20 Å². The van der Waals surface area contributed by atoms with Gasteiger partial charge in [-0.05, 0) is 29.7 Å². The molecule has 0 fully saturated rings. The molecule has 1 heterocycles. The summed E-state index contributed by atoms with van der Waals surface area (Å²) in [5, 5.41) is 11.9. The van der Waals surface area contributed by atoms with Crippen molar-refractivity contribution in [1.82, 2.24) is 9.99 Å². The van der Waals surface area contributed by atoms with Crippen molar-refractivity contribution in [2.45, 2.75) is 25.1 Å². The van der Waals surface area contributed by atoms with Gasteiger partial charge in [-0.1, -0.05) is 60.5 Å². The van der Waals surface area contributed by atoms with E-state index in [-0.39, 0.29) is 30.6 Å². The largest absolute Gasteiger partial charge is 0.390 e. The second-order valence-corrected chi connectivity index (χ2v) is 6.38. The van der Waals surface area contributed by atoms with Gasteiger partial charge in [0.2, 0.25) is 0 Å². The quantitative estimate of drug-likeness (QED) is 0.420. The summed E-state index contributed by atoms with van der Waals surface area (Å²) < 4.78 is 39.1. The predicted octanol–water partition coefficient (Wildman–Crippen LogP) is 2.36. The monoisotopic (exact) mass is 367 g/mol. The molecule has 5 nitrogen and oxygen atoms in total. The number of hydrogen-bond acceptors (Lipinski definition) is 5. The van der Waals surface area contributed by atoms with Gasteiger partial charge in [0, 0.05) is 30.9 Å². The molecule has 0 saturated carbocycles. The Kier molecular flexibility index (Phi) is 4.72. The van der Waals surface area contributed by atoms with E-state index in [0.29, 0.717) is 6.54 Å². The molecule has 0 spiro atoms. The van der Waals surface area contributed by atoms with E-state index in [9.17, 15) is 5.11 Å². The maximum atomic E-state index is 10.5. The number of hydrazine groups is 1. The third-order valence-corrected chi connectivity index (χ3v) is 4.21. The van der Waals surface area contributed by atoms with Crippen LogP contribution in [0.3, 0.4) is 0 Å². The highest BCUT2D eigenvalue weighted by Crippen LogP contribution is 2.17. The lowest BCUT2D eigenvalue weighted by atomic mass is 10.0. The van der Waals surface area contributed by atoms with Crippen LogP contribution in [0.2, 0.25) is 0 Å². The molecule has 0 bridgehead atoms. The molecule has 5 N–H and O–H groups in total. The van der Waals surface area contributed by atoms with Gasteiger partial charge >= 0.3 is 0 Å². The van der Waals surface area contributed by atoms with Crippen molar-refractivity contribution in [3.05, 3.63) is 90.0 Å². The molecule has 0 aliphatic carbocycles. The van der Waals surface area contributed by atoms with Crippen molar-refractivity contribution in [2.24, 2.45) is 11.6 Å². The van der Waals surface area contributed by atoms with Gasteiger partial charge in [-0.25, -0.2) is 5.01 Å². The number of aliphatic hydroxyl groups excluding tert-OH is 1. The first kappa shape index (κ1) is 13.6. The van der Waals surface area contributed by atoms with E-state index in [1.807, 2.05) is 42.5 Å². The van der Waals surface area contributed by atoms with Gasteiger partial charge in [0.05, 0.1) is 18.7 Å². The molecule has 27 heavy (non-hydrogen) atoms. The van der Waals surface area contributed by atoms with Crippen LogP contribution in [0, 0.1) is 0 Å². The zero-order valence-corrected chi connectivity index (χ0v) is 14.9. The van der Waals surface area contributed by atoms with E-state index >= 15 is 0 Å². The molecule has 0 unspecified atom stereocenters. The number of pyridine rings is 1. The van der Waals surface area contributed by atoms with Gasteiger partial charge in [0.15, 0.2) is 0 Å². The number of nitrogens with zero attached hydrogens (tertiary/aromatic N) is 2. The van der Waals surface area contributed by atoms with Gasteiger partial charge in [-0.15, -0.1) is 0 Å². The van der Waals surface area contributed by atoms with Crippen LogP contribution in [0.5, 0.6) is 0 Å². The van der Waals surface area contributed by atoms with E-state index in [2.05, 4.69) is 4.98 Å². The van der Waals surface area contributed by atoms with Crippen LogP contribution in [-0.4, -0.2) is 33.8 Å². The predicted molar refractivity (Wildman–Crippen MR) is 108 cm³/mol. The first-order valence-electron chi connectivity index (χ1n) is 11.2. The Labute approximate surface area is 167 Å². The molecule has 140 valence electrons.